The Kier molecular flexibility index (Phi) is 7.55. The molecule has 2 aromatic carbocycles. The number of nitrogens with zero attached hydrogens (tertiary/aromatic N) is 2. The maximum Gasteiger partial charge on any atom is 0.254 e. The van der Waals surface area contributed by atoms with Crippen molar-refractivity contribution in [3.63, 3.8) is 0 Å². The van der Waals surface area contributed by atoms with E-state index >= 15 is 0 Å². The number of carbonyl (C=O) groups excluding carboxylic acids is 1. The number of carbonyl (C=O) groups is 1. The van der Waals surface area contributed by atoms with Crippen LogP contribution in [0.2, 0.25) is 0 Å². The lowest BCUT2D eigenvalue weighted by Crippen LogP contribution is -2.30. The Morgan fingerprint density at radius 1 is 0.967 bits per heavy atom. The van der Waals surface area contributed by atoms with Crippen molar-refractivity contribution < 1.29 is 13.9 Å². The van der Waals surface area contributed by atoms with Crippen molar-refractivity contribution in [3.8, 4) is 5.75 Å². The minimum atomic E-state index is -0.0387. The van der Waals surface area contributed by atoms with Crippen LogP contribution in [0.3, 0.4) is 0 Å². The molecule has 1 heterocycles. The van der Waals surface area contributed by atoms with Gasteiger partial charge in [0.05, 0.1) is 19.4 Å². The third-order valence-electron chi connectivity index (χ3n) is 4.91. The predicted molar refractivity (Wildman–Crippen MR) is 120 cm³/mol. The molecule has 0 aliphatic heterocycles. The molecule has 0 saturated heterocycles. The molecular formula is C25H30N2O3. The number of hydrogen-bond acceptors (Lipinski definition) is 4. The van der Waals surface area contributed by atoms with Gasteiger partial charge in [-0.25, -0.2) is 0 Å². The Labute approximate surface area is 178 Å². The van der Waals surface area contributed by atoms with Crippen LogP contribution in [0.5, 0.6) is 5.75 Å². The molecule has 0 unspecified atom stereocenters. The van der Waals surface area contributed by atoms with E-state index in [1.807, 2.05) is 50.5 Å². The van der Waals surface area contributed by atoms with Gasteiger partial charge in [0.15, 0.2) is 0 Å². The number of anilines is 1. The Bertz CT molecular complexity index is 901. The maximum atomic E-state index is 13.3. The molecule has 0 aliphatic rings. The van der Waals surface area contributed by atoms with Crippen molar-refractivity contribution in [2.75, 3.05) is 25.6 Å². The molecule has 3 aromatic rings. The molecule has 0 N–H and O–H groups in total. The second-order valence-corrected chi connectivity index (χ2v) is 7.53. The molecule has 5 heteroatoms. The molecular weight excluding hydrogens is 376 g/mol. The summed E-state index contributed by atoms with van der Waals surface area (Å²) in [5, 5.41) is 0. The van der Waals surface area contributed by atoms with Crippen molar-refractivity contribution in [2.24, 2.45) is 0 Å². The van der Waals surface area contributed by atoms with Gasteiger partial charge in [0.25, 0.3) is 5.91 Å². The Balaban J connectivity index is 1.74. The van der Waals surface area contributed by atoms with Gasteiger partial charge in [-0.2, -0.15) is 0 Å². The van der Waals surface area contributed by atoms with Gasteiger partial charge < -0.3 is 19.0 Å². The Morgan fingerprint density at radius 2 is 1.70 bits per heavy atom. The highest BCUT2D eigenvalue weighted by molar-refractivity contribution is 5.94. The first-order chi connectivity index (χ1) is 14.6. The van der Waals surface area contributed by atoms with E-state index in [0.29, 0.717) is 25.3 Å². The van der Waals surface area contributed by atoms with Crippen LogP contribution in [0.25, 0.3) is 0 Å². The van der Waals surface area contributed by atoms with Crippen LogP contribution in [0.15, 0.2) is 71.3 Å². The second kappa shape index (κ2) is 10.5. The van der Waals surface area contributed by atoms with E-state index in [9.17, 15) is 4.79 Å². The van der Waals surface area contributed by atoms with Crippen molar-refractivity contribution in [2.45, 2.75) is 32.9 Å². The summed E-state index contributed by atoms with van der Waals surface area (Å²) in [5.74, 6) is 1.51. The zero-order valence-corrected chi connectivity index (χ0v) is 18.0. The highest BCUT2D eigenvalue weighted by Gasteiger charge is 2.18. The molecule has 1 aromatic heterocycles. The third kappa shape index (κ3) is 5.89. The first-order valence-corrected chi connectivity index (χ1v) is 10.4. The lowest BCUT2D eigenvalue weighted by atomic mass is 10.1. The van der Waals surface area contributed by atoms with E-state index in [1.165, 1.54) is 0 Å². The number of unbranched alkanes of at least 4 members (excludes halogenated alkanes) is 1. The lowest BCUT2D eigenvalue weighted by Gasteiger charge is -2.23. The Morgan fingerprint density at radius 3 is 2.30 bits per heavy atom. The summed E-state index contributed by atoms with van der Waals surface area (Å²) in [6.07, 6.45) is 3.74. The summed E-state index contributed by atoms with van der Waals surface area (Å²) in [6, 6.07) is 19.3. The normalized spacial score (nSPS) is 10.6. The number of benzene rings is 2. The van der Waals surface area contributed by atoms with Crippen molar-refractivity contribution >= 4 is 11.6 Å². The van der Waals surface area contributed by atoms with Crippen LogP contribution in [0, 0.1) is 0 Å². The number of hydrogen-bond donors (Lipinski definition) is 0. The number of furan rings is 1. The van der Waals surface area contributed by atoms with Crippen molar-refractivity contribution in [1.82, 2.24) is 4.90 Å². The van der Waals surface area contributed by atoms with Gasteiger partial charge in [0, 0.05) is 31.9 Å². The van der Waals surface area contributed by atoms with E-state index in [1.54, 1.807) is 11.2 Å². The minimum absolute atomic E-state index is 0.0387. The smallest absolute Gasteiger partial charge is 0.254 e. The van der Waals surface area contributed by atoms with E-state index in [4.69, 9.17) is 9.15 Å². The van der Waals surface area contributed by atoms with Gasteiger partial charge in [-0.15, -0.1) is 0 Å². The lowest BCUT2D eigenvalue weighted by molar-refractivity contribution is 0.0717. The predicted octanol–water partition coefficient (Wildman–Crippen LogP) is 5.37. The van der Waals surface area contributed by atoms with Gasteiger partial charge in [-0.1, -0.05) is 25.5 Å². The first-order valence-electron chi connectivity index (χ1n) is 10.4. The van der Waals surface area contributed by atoms with Crippen molar-refractivity contribution in [3.05, 3.63) is 83.8 Å². The van der Waals surface area contributed by atoms with Crippen LogP contribution in [-0.2, 0) is 13.1 Å². The number of amides is 1. The van der Waals surface area contributed by atoms with Gasteiger partial charge >= 0.3 is 0 Å². The number of rotatable bonds is 10. The van der Waals surface area contributed by atoms with E-state index in [-0.39, 0.29) is 5.91 Å². The molecule has 0 fully saturated rings. The summed E-state index contributed by atoms with van der Waals surface area (Å²) in [5.41, 5.74) is 2.83. The topological polar surface area (TPSA) is 45.9 Å². The maximum absolute atomic E-state index is 13.3. The third-order valence-corrected chi connectivity index (χ3v) is 4.91. The molecule has 0 spiro atoms. The van der Waals surface area contributed by atoms with E-state index in [2.05, 4.69) is 36.1 Å². The van der Waals surface area contributed by atoms with E-state index < -0.39 is 0 Å². The standard InChI is InChI=1S/C25H30N2O3/c1-4-5-16-29-23-14-10-21(11-15-23)25(28)27(19-24-7-6-17-30-24)18-20-8-12-22(13-9-20)26(2)3/h6-15,17H,4-5,16,18-19H2,1-3H3. The van der Waals surface area contributed by atoms with Crippen LogP contribution in [-0.4, -0.2) is 31.5 Å². The molecule has 0 atom stereocenters. The average molecular weight is 407 g/mol. The molecule has 5 nitrogen and oxygen atoms in total. The highest BCUT2D eigenvalue weighted by Crippen LogP contribution is 2.19. The zero-order chi connectivity index (χ0) is 21.3. The van der Waals surface area contributed by atoms with Gasteiger partial charge in [0.2, 0.25) is 0 Å². The molecule has 0 radical (unpaired) electrons. The molecule has 158 valence electrons. The molecule has 3 rings (SSSR count). The molecule has 1 amide bonds. The molecule has 0 bridgehead atoms. The summed E-state index contributed by atoms with van der Waals surface area (Å²) < 4.78 is 11.2. The fourth-order valence-corrected chi connectivity index (χ4v) is 3.12. The zero-order valence-electron chi connectivity index (χ0n) is 18.0. The summed E-state index contributed by atoms with van der Waals surface area (Å²) in [4.78, 5) is 17.1. The van der Waals surface area contributed by atoms with E-state index in [0.717, 1.165) is 35.6 Å². The molecule has 0 aliphatic carbocycles. The molecule has 0 saturated carbocycles. The Hall–Kier alpha value is -3.21. The molecule has 30 heavy (non-hydrogen) atoms. The van der Waals surface area contributed by atoms with Gasteiger partial charge in [-0.05, 0) is 60.5 Å². The fourth-order valence-electron chi connectivity index (χ4n) is 3.12. The van der Waals surface area contributed by atoms with Crippen LogP contribution < -0.4 is 9.64 Å². The van der Waals surface area contributed by atoms with Crippen LogP contribution in [0.4, 0.5) is 5.69 Å². The van der Waals surface area contributed by atoms with Gasteiger partial charge in [-0.3, -0.25) is 4.79 Å². The van der Waals surface area contributed by atoms with Crippen molar-refractivity contribution in [1.29, 1.82) is 0 Å². The second-order valence-electron chi connectivity index (χ2n) is 7.53. The minimum Gasteiger partial charge on any atom is -0.494 e. The first kappa shape index (κ1) is 21.5. The van der Waals surface area contributed by atoms with Crippen LogP contribution >= 0.6 is 0 Å². The quantitative estimate of drug-likeness (QED) is 0.425. The summed E-state index contributed by atoms with van der Waals surface area (Å²) >= 11 is 0. The van der Waals surface area contributed by atoms with Gasteiger partial charge in [0.1, 0.15) is 11.5 Å². The largest absolute Gasteiger partial charge is 0.494 e. The SMILES string of the molecule is CCCCOc1ccc(C(=O)N(Cc2ccc(N(C)C)cc2)Cc2ccco2)cc1. The number of ether oxygens (including phenoxy) is 1. The average Bonchev–Trinajstić information content (AvgIpc) is 3.27. The fraction of sp³-hybridized carbons (Fsp3) is 0.320. The monoisotopic (exact) mass is 406 g/mol. The summed E-state index contributed by atoms with van der Waals surface area (Å²) in [6.45, 7) is 3.74. The van der Waals surface area contributed by atoms with Crippen LogP contribution in [0.1, 0.15) is 41.4 Å². The highest BCUT2D eigenvalue weighted by atomic mass is 16.5. The summed E-state index contributed by atoms with van der Waals surface area (Å²) in [7, 11) is 4.02.